The largest absolute Gasteiger partial charge is 0.460 e. The molecule has 3 rings (SSSR count). The Bertz CT molecular complexity index is 538. The average Bonchev–Trinajstić information content (AvgIpc) is 2.73. The van der Waals surface area contributed by atoms with Gasteiger partial charge in [-0.3, -0.25) is 4.90 Å². The van der Waals surface area contributed by atoms with Crippen molar-refractivity contribution in [2.75, 3.05) is 33.2 Å². The number of rotatable bonds is 2. The third-order valence-corrected chi connectivity index (χ3v) is 3.70. The number of furan rings is 1. The topological polar surface area (TPSA) is 19.6 Å². The minimum Gasteiger partial charge on any atom is -0.460 e. The molecule has 0 saturated carbocycles. The lowest BCUT2D eigenvalue weighted by Gasteiger charge is -2.31. The Labute approximate surface area is 108 Å². The summed E-state index contributed by atoms with van der Waals surface area (Å²) in [6.45, 7) is 7.60. The molecule has 0 spiro atoms. The summed E-state index contributed by atoms with van der Waals surface area (Å²) in [7, 11) is 2.18. The van der Waals surface area contributed by atoms with Crippen LogP contribution in [-0.4, -0.2) is 43.0 Å². The molecule has 0 bridgehead atoms. The van der Waals surface area contributed by atoms with E-state index in [1.165, 1.54) is 10.9 Å². The van der Waals surface area contributed by atoms with Gasteiger partial charge >= 0.3 is 0 Å². The number of piperazine rings is 1. The fourth-order valence-corrected chi connectivity index (χ4v) is 2.50. The summed E-state index contributed by atoms with van der Waals surface area (Å²) >= 11 is 0. The van der Waals surface area contributed by atoms with Gasteiger partial charge in [-0.2, -0.15) is 0 Å². The van der Waals surface area contributed by atoms with Crippen molar-refractivity contribution in [3.05, 3.63) is 35.6 Å². The van der Waals surface area contributed by atoms with Crippen LogP contribution in [0.5, 0.6) is 0 Å². The monoisotopic (exact) mass is 244 g/mol. The molecule has 1 saturated heterocycles. The Balaban J connectivity index is 1.74. The van der Waals surface area contributed by atoms with E-state index in [9.17, 15) is 0 Å². The van der Waals surface area contributed by atoms with E-state index >= 15 is 0 Å². The Hall–Kier alpha value is -1.32. The van der Waals surface area contributed by atoms with Crippen LogP contribution in [0, 0.1) is 6.92 Å². The van der Waals surface area contributed by atoms with Crippen LogP contribution in [0.1, 0.15) is 11.3 Å². The van der Waals surface area contributed by atoms with E-state index in [1.54, 1.807) is 0 Å². The molecule has 1 fully saturated rings. The van der Waals surface area contributed by atoms with Crippen LogP contribution in [0.3, 0.4) is 0 Å². The lowest BCUT2D eigenvalue weighted by atomic mass is 10.2. The molecule has 2 aromatic rings. The van der Waals surface area contributed by atoms with Crippen LogP contribution in [0.25, 0.3) is 11.0 Å². The minimum absolute atomic E-state index is 0.932. The zero-order chi connectivity index (χ0) is 12.5. The van der Waals surface area contributed by atoms with E-state index in [-0.39, 0.29) is 0 Å². The van der Waals surface area contributed by atoms with E-state index < -0.39 is 0 Å². The number of hydrogen-bond acceptors (Lipinski definition) is 3. The van der Waals surface area contributed by atoms with E-state index in [0.29, 0.717) is 0 Å². The van der Waals surface area contributed by atoms with Gasteiger partial charge in [0.15, 0.2) is 0 Å². The second-order valence-corrected chi connectivity index (χ2v) is 5.33. The van der Waals surface area contributed by atoms with Crippen molar-refractivity contribution in [3.63, 3.8) is 0 Å². The van der Waals surface area contributed by atoms with E-state index in [0.717, 1.165) is 44.1 Å². The van der Waals surface area contributed by atoms with E-state index in [4.69, 9.17) is 4.42 Å². The summed E-state index contributed by atoms with van der Waals surface area (Å²) in [5.41, 5.74) is 2.27. The van der Waals surface area contributed by atoms with Crippen molar-refractivity contribution >= 4 is 11.0 Å². The summed E-state index contributed by atoms with van der Waals surface area (Å²) < 4.78 is 5.92. The predicted molar refractivity (Wildman–Crippen MR) is 73.7 cm³/mol. The molecule has 0 unspecified atom stereocenters. The van der Waals surface area contributed by atoms with Crippen molar-refractivity contribution in [1.29, 1.82) is 0 Å². The van der Waals surface area contributed by atoms with Gasteiger partial charge in [0.05, 0.1) is 6.54 Å². The molecule has 0 aliphatic carbocycles. The van der Waals surface area contributed by atoms with Gasteiger partial charge in [0.1, 0.15) is 11.3 Å². The van der Waals surface area contributed by atoms with Gasteiger partial charge in [-0.25, -0.2) is 0 Å². The average molecular weight is 244 g/mol. The fraction of sp³-hybridized carbons (Fsp3) is 0.467. The van der Waals surface area contributed by atoms with Gasteiger partial charge in [0, 0.05) is 31.6 Å². The van der Waals surface area contributed by atoms with Gasteiger partial charge < -0.3 is 9.32 Å². The third kappa shape index (κ3) is 2.42. The summed E-state index contributed by atoms with van der Waals surface area (Å²) in [6, 6.07) is 8.56. The molecule has 0 radical (unpaired) electrons. The Kier molecular flexibility index (Phi) is 3.10. The van der Waals surface area contributed by atoms with Gasteiger partial charge in [-0.1, -0.05) is 12.1 Å². The second-order valence-electron chi connectivity index (χ2n) is 5.33. The molecule has 2 heterocycles. The first kappa shape index (κ1) is 11.8. The van der Waals surface area contributed by atoms with Crippen molar-refractivity contribution in [2.45, 2.75) is 13.5 Å². The molecule has 0 N–H and O–H groups in total. The standard InChI is InChI=1S/C15H20N2O/c1-12-3-4-13-10-14(18-15(13)9-12)11-17-7-5-16(2)6-8-17/h3-4,9-10H,5-8,11H2,1-2H3. The van der Waals surface area contributed by atoms with Crippen LogP contribution in [0.2, 0.25) is 0 Å². The highest BCUT2D eigenvalue weighted by molar-refractivity contribution is 5.78. The smallest absolute Gasteiger partial charge is 0.134 e. The van der Waals surface area contributed by atoms with Gasteiger partial charge in [-0.15, -0.1) is 0 Å². The van der Waals surface area contributed by atoms with Crippen LogP contribution in [0.15, 0.2) is 28.7 Å². The first-order valence-corrected chi connectivity index (χ1v) is 6.61. The summed E-state index contributed by atoms with van der Waals surface area (Å²) in [5.74, 6) is 1.08. The van der Waals surface area contributed by atoms with Crippen molar-refractivity contribution < 1.29 is 4.42 Å². The number of nitrogens with zero attached hydrogens (tertiary/aromatic N) is 2. The van der Waals surface area contributed by atoms with Crippen molar-refractivity contribution in [1.82, 2.24) is 9.80 Å². The molecule has 3 heteroatoms. The second kappa shape index (κ2) is 4.75. The zero-order valence-corrected chi connectivity index (χ0v) is 11.1. The number of aryl methyl sites for hydroxylation is 1. The Morgan fingerprint density at radius 2 is 1.89 bits per heavy atom. The van der Waals surface area contributed by atoms with E-state index in [2.05, 4.69) is 48.0 Å². The lowest BCUT2D eigenvalue weighted by molar-refractivity contribution is 0.141. The maximum absolute atomic E-state index is 5.92. The number of likely N-dealkylation sites (N-methyl/N-ethyl adjacent to an activating group) is 1. The molecule has 1 aliphatic heterocycles. The van der Waals surface area contributed by atoms with Gasteiger partial charge in [0.2, 0.25) is 0 Å². The highest BCUT2D eigenvalue weighted by atomic mass is 16.3. The third-order valence-electron chi connectivity index (χ3n) is 3.70. The minimum atomic E-state index is 0.932. The molecule has 1 aliphatic rings. The summed E-state index contributed by atoms with van der Waals surface area (Å²) in [5, 5.41) is 1.21. The highest BCUT2D eigenvalue weighted by Crippen LogP contribution is 2.21. The molecule has 3 nitrogen and oxygen atoms in total. The first-order chi connectivity index (χ1) is 8.70. The van der Waals surface area contributed by atoms with Gasteiger partial charge in [-0.05, 0) is 31.7 Å². The van der Waals surface area contributed by atoms with Crippen LogP contribution in [0.4, 0.5) is 0 Å². The van der Waals surface area contributed by atoms with Crippen LogP contribution >= 0.6 is 0 Å². The lowest BCUT2D eigenvalue weighted by Crippen LogP contribution is -2.43. The number of hydrogen-bond donors (Lipinski definition) is 0. The van der Waals surface area contributed by atoms with E-state index in [1.807, 2.05) is 0 Å². The number of fused-ring (bicyclic) bond motifs is 1. The summed E-state index contributed by atoms with van der Waals surface area (Å²) in [4.78, 5) is 4.84. The molecular formula is C15H20N2O. The SMILES string of the molecule is Cc1ccc2cc(CN3CCN(C)CC3)oc2c1. The molecule has 1 aromatic heterocycles. The highest BCUT2D eigenvalue weighted by Gasteiger charge is 2.15. The normalized spacial score (nSPS) is 18.6. The Morgan fingerprint density at radius 1 is 1.11 bits per heavy atom. The Morgan fingerprint density at radius 3 is 2.67 bits per heavy atom. The van der Waals surface area contributed by atoms with Crippen LogP contribution in [-0.2, 0) is 6.54 Å². The molecular weight excluding hydrogens is 224 g/mol. The maximum atomic E-state index is 5.92. The molecule has 96 valence electrons. The maximum Gasteiger partial charge on any atom is 0.134 e. The molecule has 0 amide bonds. The summed E-state index contributed by atoms with van der Waals surface area (Å²) in [6.07, 6.45) is 0. The zero-order valence-electron chi connectivity index (χ0n) is 11.1. The van der Waals surface area contributed by atoms with Crippen LogP contribution < -0.4 is 0 Å². The first-order valence-electron chi connectivity index (χ1n) is 6.61. The number of benzene rings is 1. The van der Waals surface area contributed by atoms with Gasteiger partial charge in [0.25, 0.3) is 0 Å². The predicted octanol–water partition coefficient (Wildman–Crippen LogP) is 2.49. The fourth-order valence-electron chi connectivity index (χ4n) is 2.50. The van der Waals surface area contributed by atoms with Crippen molar-refractivity contribution in [3.8, 4) is 0 Å². The molecule has 1 aromatic carbocycles. The molecule has 18 heavy (non-hydrogen) atoms. The quantitative estimate of drug-likeness (QED) is 0.809. The molecule has 0 atom stereocenters. The van der Waals surface area contributed by atoms with Crippen molar-refractivity contribution in [2.24, 2.45) is 0 Å².